The molecule has 3 heterocycles. The maximum atomic E-state index is 14.1. The van der Waals surface area contributed by atoms with Crippen molar-refractivity contribution in [2.45, 2.75) is 37.8 Å². The molecule has 2 aliphatic heterocycles. The SMILES string of the molecule is Oc1nccn1CCCCN1CCC2C(C1)c1cc(F)ccc1N2c1ccc(F)cc1. The zero-order chi connectivity index (χ0) is 21.4. The minimum atomic E-state index is -0.252. The van der Waals surface area contributed by atoms with Crippen LogP contribution in [0.25, 0.3) is 0 Å². The second-order valence-electron chi connectivity index (χ2n) is 8.44. The smallest absolute Gasteiger partial charge is 0.293 e. The summed E-state index contributed by atoms with van der Waals surface area (Å²) in [5.74, 6) is -0.240. The summed E-state index contributed by atoms with van der Waals surface area (Å²) in [6.07, 6.45) is 6.34. The number of hydrogen-bond acceptors (Lipinski definition) is 4. The lowest BCUT2D eigenvalue weighted by atomic mass is 9.89. The number of piperidine rings is 1. The highest BCUT2D eigenvalue weighted by molar-refractivity contribution is 5.73. The van der Waals surface area contributed by atoms with Crippen molar-refractivity contribution in [2.24, 2.45) is 0 Å². The molecule has 1 aromatic heterocycles. The molecule has 2 unspecified atom stereocenters. The van der Waals surface area contributed by atoms with E-state index in [1.54, 1.807) is 23.0 Å². The van der Waals surface area contributed by atoms with Gasteiger partial charge < -0.3 is 19.5 Å². The number of unbranched alkanes of at least 4 members (excludes halogenated alkanes) is 1. The maximum absolute atomic E-state index is 14.1. The number of halogens is 2. The Balaban J connectivity index is 1.29. The van der Waals surface area contributed by atoms with Gasteiger partial charge in [0.05, 0.1) is 0 Å². The van der Waals surface area contributed by atoms with Gasteiger partial charge in [-0.15, -0.1) is 0 Å². The number of hydrogen-bond donors (Lipinski definition) is 1. The monoisotopic (exact) mass is 424 g/mol. The molecule has 2 aromatic carbocycles. The van der Waals surface area contributed by atoms with E-state index >= 15 is 0 Å². The fraction of sp³-hybridized carbons (Fsp3) is 0.375. The molecule has 0 amide bonds. The lowest BCUT2D eigenvalue weighted by molar-refractivity contribution is 0.192. The molecule has 2 atom stereocenters. The fourth-order valence-corrected chi connectivity index (χ4v) is 5.09. The fourth-order valence-electron chi connectivity index (χ4n) is 5.09. The van der Waals surface area contributed by atoms with Gasteiger partial charge in [-0.1, -0.05) is 0 Å². The van der Waals surface area contributed by atoms with Crippen molar-refractivity contribution in [1.82, 2.24) is 14.5 Å². The number of anilines is 2. The van der Waals surface area contributed by atoms with Crippen molar-refractivity contribution in [3.8, 4) is 6.01 Å². The highest BCUT2D eigenvalue weighted by atomic mass is 19.1. The van der Waals surface area contributed by atoms with Crippen LogP contribution in [-0.2, 0) is 6.54 Å². The van der Waals surface area contributed by atoms with Crippen LogP contribution in [0.1, 0.15) is 30.7 Å². The van der Waals surface area contributed by atoms with E-state index in [-0.39, 0.29) is 29.6 Å². The van der Waals surface area contributed by atoms with Crippen LogP contribution in [0.5, 0.6) is 6.01 Å². The summed E-state index contributed by atoms with van der Waals surface area (Å²) < 4.78 is 29.3. The molecular weight excluding hydrogens is 398 g/mol. The number of imidazole rings is 1. The van der Waals surface area contributed by atoms with Crippen molar-refractivity contribution in [3.63, 3.8) is 0 Å². The van der Waals surface area contributed by atoms with Crippen LogP contribution in [-0.4, -0.2) is 45.2 Å². The predicted octanol–water partition coefficient (Wildman–Crippen LogP) is 4.66. The number of nitrogens with zero attached hydrogens (tertiary/aromatic N) is 4. The summed E-state index contributed by atoms with van der Waals surface area (Å²) in [6, 6.07) is 11.9. The van der Waals surface area contributed by atoms with E-state index in [9.17, 15) is 13.9 Å². The second-order valence-corrected chi connectivity index (χ2v) is 8.44. The Morgan fingerprint density at radius 2 is 1.77 bits per heavy atom. The van der Waals surface area contributed by atoms with Crippen LogP contribution in [0.3, 0.4) is 0 Å². The topological polar surface area (TPSA) is 44.5 Å². The largest absolute Gasteiger partial charge is 0.480 e. The van der Waals surface area contributed by atoms with Gasteiger partial charge in [0.2, 0.25) is 0 Å². The number of aryl methyl sites for hydroxylation is 1. The van der Waals surface area contributed by atoms with Gasteiger partial charge in [0.25, 0.3) is 6.01 Å². The van der Waals surface area contributed by atoms with E-state index in [0.29, 0.717) is 0 Å². The molecule has 7 heteroatoms. The molecule has 1 N–H and O–H groups in total. The number of fused-ring (bicyclic) bond motifs is 3. The molecule has 5 nitrogen and oxygen atoms in total. The van der Waals surface area contributed by atoms with Crippen LogP contribution in [0.4, 0.5) is 20.2 Å². The van der Waals surface area contributed by atoms with Gasteiger partial charge in [0.15, 0.2) is 0 Å². The van der Waals surface area contributed by atoms with Gasteiger partial charge in [-0.3, -0.25) is 0 Å². The first kappa shape index (κ1) is 20.0. The minimum Gasteiger partial charge on any atom is -0.480 e. The Kier molecular flexibility index (Phi) is 5.36. The first-order valence-corrected chi connectivity index (χ1v) is 10.9. The third-order valence-corrected chi connectivity index (χ3v) is 6.56. The average Bonchev–Trinajstić information content (AvgIpc) is 3.32. The van der Waals surface area contributed by atoms with Crippen molar-refractivity contribution in [1.29, 1.82) is 0 Å². The van der Waals surface area contributed by atoms with Gasteiger partial charge in [-0.25, -0.2) is 13.8 Å². The molecule has 2 aliphatic rings. The summed E-state index contributed by atoms with van der Waals surface area (Å²) in [7, 11) is 0. The molecule has 1 fully saturated rings. The summed E-state index contributed by atoms with van der Waals surface area (Å²) in [5, 5.41) is 9.64. The van der Waals surface area contributed by atoms with Crippen molar-refractivity contribution >= 4 is 11.4 Å². The molecule has 31 heavy (non-hydrogen) atoms. The maximum Gasteiger partial charge on any atom is 0.293 e. The van der Waals surface area contributed by atoms with E-state index < -0.39 is 0 Å². The number of rotatable bonds is 6. The lowest BCUT2D eigenvalue weighted by Crippen LogP contribution is -2.45. The molecule has 3 aromatic rings. The van der Waals surface area contributed by atoms with E-state index in [0.717, 1.165) is 62.4 Å². The van der Waals surface area contributed by atoms with E-state index in [2.05, 4.69) is 14.8 Å². The van der Waals surface area contributed by atoms with Gasteiger partial charge in [0, 0.05) is 55.4 Å². The van der Waals surface area contributed by atoms with Crippen LogP contribution in [0.15, 0.2) is 54.9 Å². The molecule has 1 saturated heterocycles. The van der Waals surface area contributed by atoms with Gasteiger partial charge in [0.1, 0.15) is 11.6 Å². The van der Waals surface area contributed by atoms with Crippen molar-refractivity contribution in [3.05, 3.63) is 72.1 Å². The minimum absolute atomic E-state index is 0.0614. The molecule has 162 valence electrons. The van der Waals surface area contributed by atoms with E-state index in [1.165, 1.54) is 18.2 Å². The average molecular weight is 424 g/mol. The zero-order valence-electron chi connectivity index (χ0n) is 17.3. The molecule has 0 bridgehead atoms. The third-order valence-electron chi connectivity index (χ3n) is 6.56. The zero-order valence-corrected chi connectivity index (χ0v) is 17.3. The first-order valence-electron chi connectivity index (χ1n) is 10.9. The summed E-state index contributed by atoms with van der Waals surface area (Å²) in [6.45, 7) is 3.58. The Labute approximate surface area is 180 Å². The molecule has 0 saturated carbocycles. The highest BCUT2D eigenvalue weighted by Crippen LogP contribution is 2.48. The third kappa shape index (κ3) is 3.90. The normalized spacial score (nSPS) is 20.6. The Bertz CT molecular complexity index is 1050. The highest BCUT2D eigenvalue weighted by Gasteiger charge is 2.42. The van der Waals surface area contributed by atoms with E-state index in [4.69, 9.17) is 0 Å². The van der Waals surface area contributed by atoms with Gasteiger partial charge in [-0.05, 0) is 73.8 Å². The van der Waals surface area contributed by atoms with Crippen LogP contribution < -0.4 is 4.90 Å². The van der Waals surface area contributed by atoms with E-state index in [1.807, 2.05) is 18.2 Å². The first-order chi connectivity index (χ1) is 15.1. The van der Waals surface area contributed by atoms with Crippen molar-refractivity contribution < 1.29 is 13.9 Å². The number of likely N-dealkylation sites (tertiary alicyclic amines) is 1. The van der Waals surface area contributed by atoms with Gasteiger partial charge >= 0.3 is 0 Å². The van der Waals surface area contributed by atoms with Crippen LogP contribution in [0, 0.1) is 11.6 Å². The summed E-state index contributed by atoms with van der Waals surface area (Å²) in [4.78, 5) is 8.56. The molecule has 0 aliphatic carbocycles. The Hall–Kier alpha value is -2.93. The number of aromatic hydroxyl groups is 1. The Morgan fingerprint density at radius 3 is 2.55 bits per heavy atom. The number of benzene rings is 2. The van der Waals surface area contributed by atoms with Crippen LogP contribution in [0.2, 0.25) is 0 Å². The quantitative estimate of drug-likeness (QED) is 0.585. The number of aromatic nitrogens is 2. The molecule has 0 radical (unpaired) electrons. The lowest BCUT2D eigenvalue weighted by Gasteiger charge is -2.39. The predicted molar refractivity (Wildman–Crippen MR) is 116 cm³/mol. The Morgan fingerprint density at radius 1 is 1.00 bits per heavy atom. The standard InChI is InChI=1S/C24H26F2N4O/c25-17-3-6-19(7-4-17)30-22-8-5-18(26)15-20(22)21-16-28(13-9-23(21)30)11-1-2-12-29-14-10-27-24(29)31/h3-8,10,14-15,21,23H,1-2,9,11-13,16H2,(H,27,31). The summed E-state index contributed by atoms with van der Waals surface area (Å²) >= 11 is 0. The van der Waals surface area contributed by atoms with Crippen LogP contribution >= 0.6 is 0 Å². The van der Waals surface area contributed by atoms with Gasteiger partial charge in [-0.2, -0.15) is 0 Å². The molecule has 5 rings (SSSR count). The van der Waals surface area contributed by atoms with Crippen molar-refractivity contribution in [2.75, 3.05) is 24.5 Å². The molecule has 0 spiro atoms. The summed E-state index contributed by atoms with van der Waals surface area (Å²) in [5.41, 5.74) is 3.03. The second kappa shape index (κ2) is 8.30. The molecular formula is C24H26F2N4O.